The molecule has 0 aromatic heterocycles. The maximum absolute atomic E-state index is 12.7. The molecule has 2 amide bonds. The van der Waals surface area contributed by atoms with E-state index in [4.69, 9.17) is 0 Å². The third kappa shape index (κ3) is 3.81. The number of aliphatic hydroxyl groups excluding tert-OH is 1. The number of rotatable bonds is 3. The highest BCUT2D eigenvalue weighted by Crippen LogP contribution is 2.31. The average molecular weight is 360 g/mol. The molecule has 0 saturated carbocycles. The molecule has 1 aliphatic rings. The number of benzene rings is 3. The van der Waals surface area contributed by atoms with Crippen LogP contribution in [0.3, 0.4) is 0 Å². The van der Waals surface area contributed by atoms with E-state index < -0.39 is 6.10 Å². The summed E-state index contributed by atoms with van der Waals surface area (Å²) in [6, 6.07) is 23.7. The van der Waals surface area contributed by atoms with Crippen LogP contribution in [0.5, 0.6) is 0 Å². The van der Waals surface area contributed by atoms with Gasteiger partial charge in [0.15, 0.2) is 0 Å². The number of carbonyl (C=O) groups is 1. The van der Waals surface area contributed by atoms with E-state index in [0.717, 1.165) is 34.9 Å². The molecule has 2 N–H and O–H groups in total. The van der Waals surface area contributed by atoms with Crippen molar-refractivity contribution < 1.29 is 9.90 Å². The molecule has 1 heterocycles. The van der Waals surface area contributed by atoms with Crippen LogP contribution in [0.4, 0.5) is 10.5 Å². The summed E-state index contributed by atoms with van der Waals surface area (Å²) in [6.45, 7) is 1.32. The second kappa shape index (κ2) is 7.80. The van der Waals surface area contributed by atoms with Gasteiger partial charge < -0.3 is 15.3 Å². The topological polar surface area (TPSA) is 52.6 Å². The van der Waals surface area contributed by atoms with E-state index in [9.17, 15) is 9.90 Å². The fourth-order valence-electron chi connectivity index (χ4n) is 3.87. The molecular formula is C23H24N2O2. The molecule has 4 heteroatoms. The van der Waals surface area contributed by atoms with Crippen LogP contribution in [-0.2, 0) is 0 Å². The number of aliphatic hydroxyl groups is 1. The summed E-state index contributed by atoms with van der Waals surface area (Å²) in [5.41, 5.74) is 1.79. The molecule has 0 aliphatic carbocycles. The van der Waals surface area contributed by atoms with Crippen molar-refractivity contribution in [3.05, 3.63) is 78.4 Å². The molecule has 1 atom stereocenters. The number of nitrogens with zero attached hydrogens (tertiary/aromatic N) is 1. The fraction of sp³-hybridized carbons (Fsp3) is 0.261. The molecule has 1 aliphatic heterocycles. The fourth-order valence-corrected chi connectivity index (χ4v) is 3.87. The Bertz CT molecular complexity index is 913. The van der Waals surface area contributed by atoms with Gasteiger partial charge >= 0.3 is 6.03 Å². The van der Waals surface area contributed by atoms with Gasteiger partial charge in [-0.2, -0.15) is 0 Å². The molecule has 3 aromatic carbocycles. The Labute approximate surface area is 159 Å². The number of likely N-dealkylation sites (tertiary alicyclic amines) is 1. The minimum Gasteiger partial charge on any atom is -0.388 e. The molecule has 0 spiro atoms. The zero-order valence-electron chi connectivity index (χ0n) is 15.2. The van der Waals surface area contributed by atoms with Crippen molar-refractivity contribution in [1.82, 2.24) is 4.90 Å². The van der Waals surface area contributed by atoms with Crippen LogP contribution in [0, 0.1) is 5.92 Å². The second-order valence-electron chi connectivity index (χ2n) is 7.14. The molecule has 4 nitrogen and oxygen atoms in total. The number of hydrogen-bond acceptors (Lipinski definition) is 2. The lowest BCUT2D eigenvalue weighted by atomic mass is 9.87. The Balaban J connectivity index is 1.39. The van der Waals surface area contributed by atoms with Crippen LogP contribution < -0.4 is 5.32 Å². The third-order valence-electron chi connectivity index (χ3n) is 5.45. The number of urea groups is 1. The van der Waals surface area contributed by atoms with Crippen molar-refractivity contribution in [1.29, 1.82) is 0 Å². The molecule has 0 unspecified atom stereocenters. The van der Waals surface area contributed by atoms with Gasteiger partial charge in [0.2, 0.25) is 0 Å². The zero-order valence-corrected chi connectivity index (χ0v) is 15.2. The van der Waals surface area contributed by atoms with Gasteiger partial charge in [-0.05, 0) is 35.8 Å². The molecule has 138 valence electrons. The number of anilines is 1. The first kappa shape index (κ1) is 17.6. The zero-order chi connectivity index (χ0) is 18.6. The van der Waals surface area contributed by atoms with Crippen molar-refractivity contribution in [2.75, 3.05) is 18.4 Å². The Morgan fingerprint density at radius 2 is 1.59 bits per heavy atom. The number of carbonyl (C=O) groups excluding carboxylic acids is 1. The predicted molar refractivity (Wildman–Crippen MR) is 109 cm³/mol. The lowest BCUT2D eigenvalue weighted by Gasteiger charge is -2.34. The van der Waals surface area contributed by atoms with Crippen LogP contribution in [0.2, 0.25) is 0 Å². The Morgan fingerprint density at radius 1 is 0.926 bits per heavy atom. The predicted octanol–water partition coefficient (Wildman–Crippen LogP) is 4.82. The summed E-state index contributed by atoms with van der Waals surface area (Å²) in [5, 5.41) is 15.8. The smallest absolute Gasteiger partial charge is 0.321 e. The lowest BCUT2D eigenvalue weighted by molar-refractivity contribution is 0.0683. The van der Waals surface area contributed by atoms with Crippen molar-refractivity contribution in [3.63, 3.8) is 0 Å². The summed E-state index contributed by atoms with van der Waals surface area (Å²) in [6.07, 6.45) is 1.15. The molecule has 0 bridgehead atoms. The normalized spacial score (nSPS) is 16.3. The van der Waals surface area contributed by atoms with Gasteiger partial charge in [-0.15, -0.1) is 0 Å². The summed E-state index contributed by atoms with van der Waals surface area (Å²) in [7, 11) is 0. The largest absolute Gasteiger partial charge is 0.388 e. The molecule has 1 saturated heterocycles. The first-order valence-electron chi connectivity index (χ1n) is 9.49. The van der Waals surface area contributed by atoms with E-state index in [1.54, 1.807) is 0 Å². The van der Waals surface area contributed by atoms with E-state index in [-0.39, 0.29) is 11.9 Å². The maximum Gasteiger partial charge on any atom is 0.321 e. The van der Waals surface area contributed by atoms with Crippen LogP contribution >= 0.6 is 0 Å². The van der Waals surface area contributed by atoms with E-state index in [0.29, 0.717) is 13.1 Å². The van der Waals surface area contributed by atoms with Crippen molar-refractivity contribution >= 4 is 22.5 Å². The minimum atomic E-state index is -0.463. The number of fused-ring (bicyclic) bond motifs is 1. The molecule has 3 aromatic rings. The van der Waals surface area contributed by atoms with Crippen LogP contribution in [0.25, 0.3) is 10.8 Å². The van der Waals surface area contributed by atoms with Crippen molar-refractivity contribution in [2.45, 2.75) is 18.9 Å². The Kier molecular flexibility index (Phi) is 5.07. The van der Waals surface area contributed by atoms with E-state index >= 15 is 0 Å². The molecule has 0 radical (unpaired) electrons. The van der Waals surface area contributed by atoms with E-state index in [1.165, 1.54) is 0 Å². The number of piperidine rings is 1. The Hall–Kier alpha value is -2.85. The molecule has 1 fully saturated rings. The van der Waals surface area contributed by atoms with Gasteiger partial charge in [0.25, 0.3) is 0 Å². The maximum atomic E-state index is 12.7. The third-order valence-corrected chi connectivity index (χ3v) is 5.45. The van der Waals surface area contributed by atoms with Gasteiger partial charge in [0.1, 0.15) is 0 Å². The summed E-state index contributed by atoms with van der Waals surface area (Å²) in [4.78, 5) is 14.6. The summed E-state index contributed by atoms with van der Waals surface area (Å²) >= 11 is 0. The number of nitrogens with one attached hydrogen (secondary N) is 1. The minimum absolute atomic E-state index is 0.0704. The van der Waals surface area contributed by atoms with E-state index in [2.05, 4.69) is 5.32 Å². The quantitative estimate of drug-likeness (QED) is 0.704. The summed E-state index contributed by atoms with van der Waals surface area (Å²) < 4.78 is 0. The van der Waals surface area contributed by atoms with Crippen LogP contribution in [0.1, 0.15) is 24.5 Å². The average Bonchev–Trinajstić information content (AvgIpc) is 2.74. The lowest BCUT2D eigenvalue weighted by Crippen LogP contribution is -2.42. The van der Waals surface area contributed by atoms with Gasteiger partial charge in [-0.3, -0.25) is 0 Å². The highest BCUT2D eigenvalue weighted by atomic mass is 16.3. The monoisotopic (exact) mass is 360 g/mol. The highest BCUT2D eigenvalue weighted by molar-refractivity contribution is 6.01. The summed E-state index contributed by atoms with van der Waals surface area (Å²) in [5.74, 6) is 0.189. The first-order chi connectivity index (χ1) is 13.2. The van der Waals surface area contributed by atoms with Crippen LogP contribution in [0.15, 0.2) is 72.8 Å². The van der Waals surface area contributed by atoms with Gasteiger partial charge in [0.05, 0.1) is 11.8 Å². The standard InChI is InChI=1S/C23H24N2O2/c26-22(18-8-2-1-3-9-18)19-13-15-25(16-14-19)23(27)24-21-12-6-10-17-7-4-5-11-20(17)21/h1-12,19,22,26H,13-16H2,(H,24,27)/t22-/m1/s1. The molecule has 27 heavy (non-hydrogen) atoms. The molecule has 4 rings (SSSR count). The highest BCUT2D eigenvalue weighted by Gasteiger charge is 2.28. The first-order valence-corrected chi connectivity index (χ1v) is 9.49. The Morgan fingerprint density at radius 3 is 2.37 bits per heavy atom. The van der Waals surface area contributed by atoms with Gasteiger partial charge in [0, 0.05) is 18.5 Å². The number of hydrogen-bond donors (Lipinski definition) is 2. The van der Waals surface area contributed by atoms with Crippen molar-refractivity contribution in [3.8, 4) is 0 Å². The molecular weight excluding hydrogens is 336 g/mol. The van der Waals surface area contributed by atoms with Gasteiger partial charge in [-0.25, -0.2) is 4.79 Å². The van der Waals surface area contributed by atoms with E-state index in [1.807, 2.05) is 77.7 Å². The second-order valence-corrected chi connectivity index (χ2v) is 7.14. The van der Waals surface area contributed by atoms with Gasteiger partial charge in [-0.1, -0.05) is 66.7 Å². The SMILES string of the molecule is O=C(Nc1cccc2ccccc12)N1CCC([C@H](O)c2ccccc2)CC1. The van der Waals surface area contributed by atoms with Crippen LogP contribution in [-0.4, -0.2) is 29.1 Å². The van der Waals surface area contributed by atoms with Crippen molar-refractivity contribution in [2.24, 2.45) is 5.92 Å². The number of amides is 2.